The lowest BCUT2D eigenvalue weighted by molar-refractivity contribution is -0.137. The first-order valence-corrected chi connectivity index (χ1v) is 8.11. The fourth-order valence-corrected chi connectivity index (χ4v) is 3.79. The number of hydrogen-bond donors (Lipinski definition) is 1. The van der Waals surface area contributed by atoms with Gasteiger partial charge in [-0.05, 0) is 61.6 Å². The van der Waals surface area contributed by atoms with Crippen molar-refractivity contribution in [3.63, 3.8) is 0 Å². The van der Waals surface area contributed by atoms with Crippen LogP contribution in [0.15, 0.2) is 12.1 Å². The molecule has 0 spiro atoms. The van der Waals surface area contributed by atoms with E-state index in [9.17, 15) is 9.90 Å². The number of carboxylic acids is 1. The number of carboxylic acid groups (broad SMARTS) is 1. The Kier molecular flexibility index (Phi) is 4.18. The third kappa shape index (κ3) is 3.07. The van der Waals surface area contributed by atoms with E-state index in [2.05, 4.69) is 12.1 Å². The molecule has 0 heterocycles. The van der Waals surface area contributed by atoms with Gasteiger partial charge in [0.25, 0.3) is 0 Å². The van der Waals surface area contributed by atoms with Crippen LogP contribution in [0.2, 0.25) is 0 Å². The number of hydrogen-bond acceptors (Lipinski definition) is 2. The van der Waals surface area contributed by atoms with Gasteiger partial charge in [-0.3, -0.25) is 4.79 Å². The van der Waals surface area contributed by atoms with Crippen LogP contribution >= 0.6 is 0 Å². The van der Waals surface area contributed by atoms with Gasteiger partial charge in [0.2, 0.25) is 0 Å². The van der Waals surface area contributed by atoms with Gasteiger partial charge in [0.1, 0.15) is 5.75 Å². The second-order valence-electron chi connectivity index (χ2n) is 6.42. The van der Waals surface area contributed by atoms with Crippen LogP contribution < -0.4 is 4.74 Å². The summed E-state index contributed by atoms with van der Waals surface area (Å²) in [6, 6.07) is 4.24. The lowest BCUT2D eigenvalue weighted by atomic mass is 9.83. The minimum Gasteiger partial charge on any atom is -0.496 e. The zero-order chi connectivity index (χ0) is 14.8. The van der Waals surface area contributed by atoms with Crippen LogP contribution in [0.1, 0.15) is 61.1 Å². The van der Waals surface area contributed by atoms with Crippen LogP contribution in [0.5, 0.6) is 5.75 Å². The first-order chi connectivity index (χ1) is 10.2. The zero-order valence-electron chi connectivity index (χ0n) is 12.7. The molecule has 3 nitrogen and oxygen atoms in total. The minimum absolute atomic E-state index is 0.130. The molecule has 1 N–H and O–H groups in total. The number of rotatable bonds is 5. The zero-order valence-corrected chi connectivity index (χ0v) is 12.7. The molecule has 0 aromatic heterocycles. The van der Waals surface area contributed by atoms with E-state index in [1.54, 1.807) is 7.11 Å². The molecule has 0 saturated heterocycles. The Morgan fingerprint density at radius 1 is 1.29 bits per heavy atom. The summed E-state index contributed by atoms with van der Waals surface area (Å²) in [5.74, 6) is 0.865. The molecule has 0 amide bonds. The van der Waals surface area contributed by atoms with Crippen molar-refractivity contribution in [1.29, 1.82) is 0 Å². The van der Waals surface area contributed by atoms with E-state index < -0.39 is 5.97 Å². The number of aliphatic carboxylic acids is 1. The van der Waals surface area contributed by atoms with Crippen molar-refractivity contribution >= 4 is 5.97 Å². The third-order valence-corrected chi connectivity index (χ3v) is 4.96. The van der Waals surface area contributed by atoms with Crippen LogP contribution in [0, 0.1) is 5.92 Å². The molecule has 1 saturated carbocycles. The van der Waals surface area contributed by atoms with E-state index in [0.29, 0.717) is 5.92 Å². The van der Waals surface area contributed by atoms with Gasteiger partial charge in [-0.2, -0.15) is 0 Å². The van der Waals surface area contributed by atoms with Crippen LogP contribution in [0.25, 0.3) is 0 Å². The number of benzene rings is 1. The Hall–Kier alpha value is -1.51. The Morgan fingerprint density at radius 2 is 2.05 bits per heavy atom. The predicted molar refractivity (Wildman–Crippen MR) is 82.0 cm³/mol. The van der Waals surface area contributed by atoms with Crippen LogP contribution in [-0.4, -0.2) is 18.2 Å². The molecule has 3 heteroatoms. The van der Waals surface area contributed by atoms with Crippen molar-refractivity contribution in [2.45, 2.75) is 57.3 Å². The van der Waals surface area contributed by atoms with Gasteiger partial charge in [0.05, 0.1) is 13.5 Å². The first kappa shape index (κ1) is 14.4. The van der Waals surface area contributed by atoms with Crippen molar-refractivity contribution in [2.75, 3.05) is 7.11 Å². The van der Waals surface area contributed by atoms with Crippen LogP contribution in [0.3, 0.4) is 0 Å². The van der Waals surface area contributed by atoms with Gasteiger partial charge in [-0.15, -0.1) is 0 Å². The monoisotopic (exact) mass is 288 g/mol. The van der Waals surface area contributed by atoms with E-state index in [-0.39, 0.29) is 12.3 Å². The maximum atomic E-state index is 11.3. The molecule has 1 fully saturated rings. The molecule has 0 aliphatic heterocycles. The largest absolute Gasteiger partial charge is 0.496 e. The molecule has 0 bridgehead atoms. The highest BCUT2D eigenvalue weighted by molar-refractivity contribution is 5.69. The SMILES string of the molecule is COc1ccc2c(c1C(CC(=O)O)C1CC1)CCCCC2. The van der Waals surface area contributed by atoms with E-state index in [1.165, 1.54) is 36.0 Å². The van der Waals surface area contributed by atoms with Crippen molar-refractivity contribution in [3.05, 3.63) is 28.8 Å². The molecule has 3 rings (SSSR count). The average Bonchev–Trinajstić information content (AvgIpc) is 3.29. The molecule has 1 atom stereocenters. The molecule has 21 heavy (non-hydrogen) atoms. The summed E-state index contributed by atoms with van der Waals surface area (Å²) in [5, 5.41) is 9.30. The Bertz CT molecular complexity index is 532. The Labute approximate surface area is 126 Å². The lowest BCUT2D eigenvalue weighted by Crippen LogP contribution is -2.13. The van der Waals surface area contributed by atoms with Gasteiger partial charge >= 0.3 is 5.97 Å². The van der Waals surface area contributed by atoms with Gasteiger partial charge < -0.3 is 9.84 Å². The number of ether oxygens (including phenoxy) is 1. The first-order valence-electron chi connectivity index (χ1n) is 8.11. The second-order valence-corrected chi connectivity index (χ2v) is 6.42. The third-order valence-electron chi connectivity index (χ3n) is 4.96. The fraction of sp³-hybridized carbons (Fsp3) is 0.611. The average molecular weight is 288 g/mol. The normalized spacial score (nSPS) is 19.5. The number of fused-ring (bicyclic) bond motifs is 1. The van der Waals surface area contributed by atoms with Crippen molar-refractivity contribution < 1.29 is 14.6 Å². The lowest BCUT2D eigenvalue weighted by Gasteiger charge is -2.23. The van der Waals surface area contributed by atoms with E-state index in [1.807, 2.05) is 0 Å². The summed E-state index contributed by atoms with van der Waals surface area (Å²) in [6.45, 7) is 0. The molecule has 1 unspecified atom stereocenters. The Morgan fingerprint density at radius 3 is 2.71 bits per heavy atom. The maximum absolute atomic E-state index is 11.3. The molecular weight excluding hydrogens is 264 g/mol. The number of methoxy groups -OCH3 is 1. The highest BCUT2D eigenvalue weighted by Gasteiger charge is 2.37. The molecule has 2 aliphatic rings. The van der Waals surface area contributed by atoms with Gasteiger partial charge in [0, 0.05) is 11.5 Å². The predicted octanol–water partition coefficient (Wildman–Crippen LogP) is 3.93. The van der Waals surface area contributed by atoms with Gasteiger partial charge in [-0.1, -0.05) is 12.5 Å². The standard InChI is InChI=1S/C18H24O3/c1-21-16-10-9-12-5-3-2-4-6-14(12)18(16)15(11-17(19)20)13-7-8-13/h9-10,13,15H,2-8,11H2,1H3,(H,19,20). The quantitative estimate of drug-likeness (QED) is 0.835. The molecule has 2 aliphatic carbocycles. The summed E-state index contributed by atoms with van der Waals surface area (Å²) in [6.07, 6.45) is 8.46. The van der Waals surface area contributed by atoms with Crippen molar-refractivity contribution in [2.24, 2.45) is 5.92 Å². The summed E-state index contributed by atoms with van der Waals surface area (Å²) < 4.78 is 5.60. The Balaban J connectivity index is 2.06. The summed E-state index contributed by atoms with van der Waals surface area (Å²) in [5.41, 5.74) is 4.02. The summed E-state index contributed by atoms with van der Waals surface area (Å²) in [4.78, 5) is 11.3. The van der Waals surface area contributed by atoms with Gasteiger partial charge in [0.15, 0.2) is 0 Å². The topological polar surface area (TPSA) is 46.5 Å². The maximum Gasteiger partial charge on any atom is 0.303 e. The highest BCUT2D eigenvalue weighted by Crippen LogP contribution is 2.49. The molecule has 1 aromatic carbocycles. The van der Waals surface area contributed by atoms with E-state index in [0.717, 1.165) is 31.4 Å². The second kappa shape index (κ2) is 6.08. The molecule has 114 valence electrons. The van der Waals surface area contributed by atoms with E-state index >= 15 is 0 Å². The smallest absolute Gasteiger partial charge is 0.303 e. The van der Waals surface area contributed by atoms with Crippen molar-refractivity contribution in [1.82, 2.24) is 0 Å². The fourth-order valence-electron chi connectivity index (χ4n) is 3.79. The minimum atomic E-state index is -0.694. The molecular formula is C18H24O3. The molecule has 0 radical (unpaired) electrons. The van der Waals surface area contributed by atoms with Crippen LogP contribution in [-0.2, 0) is 17.6 Å². The van der Waals surface area contributed by atoms with Crippen LogP contribution in [0.4, 0.5) is 0 Å². The molecule has 1 aromatic rings. The number of carbonyl (C=O) groups is 1. The summed E-state index contributed by atoms with van der Waals surface area (Å²) >= 11 is 0. The highest BCUT2D eigenvalue weighted by atomic mass is 16.5. The van der Waals surface area contributed by atoms with Crippen molar-refractivity contribution in [3.8, 4) is 5.75 Å². The summed E-state index contributed by atoms with van der Waals surface area (Å²) in [7, 11) is 1.70. The van der Waals surface area contributed by atoms with Gasteiger partial charge in [-0.25, -0.2) is 0 Å². The van der Waals surface area contributed by atoms with E-state index in [4.69, 9.17) is 4.74 Å². The number of aryl methyl sites for hydroxylation is 1.